The predicted octanol–water partition coefficient (Wildman–Crippen LogP) is 4.81. The van der Waals surface area contributed by atoms with E-state index in [4.69, 9.17) is 4.42 Å². The summed E-state index contributed by atoms with van der Waals surface area (Å²) in [5, 5.41) is 3.55. The highest BCUT2D eigenvalue weighted by Crippen LogP contribution is 2.34. The van der Waals surface area contributed by atoms with Crippen molar-refractivity contribution in [3.05, 3.63) is 43.9 Å². The zero-order chi connectivity index (χ0) is 13.1. The summed E-state index contributed by atoms with van der Waals surface area (Å²) in [4.78, 5) is 2.60. The Bertz CT molecular complexity index is 498. The summed E-state index contributed by atoms with van der Waals surface area (Å²) in [6.07, 6.45) is 1.11. The molecule has 0 bridgehead atoms. The third-order valence-corrected chi connectivity index (χ3v) is 5.01. The van der Waals surface area contributed by atoms with Crippen molar-refractivity contribution in [2.24, 2.45) is 0 Å². The normalized spacial score (nSPS) is 12.9. The van der Waals surface area contributed by atoms with Crippen LogP contribution in [0.25, 0.3) is 0 Å². The minimum atomic E-state index is 0.161. The minimum Gasteiger partial charge on any atom is -0.464 e. The van der Waals surface area contributed by atoms with Gasteiger partial charge in [-0.15, -0.1) is 11.3 Å². The molecule has 2 heterocycles. The fourth-order valence-corrected chi connectivity index (χ4v) is 3.51. The van der Waals surface area contributed by atoms with Crippen LogP contribution < -0.4 is 5.32 Å². The van der Waals surface area contributed by atoms with E-state index in [1.165, 1.54) is 14.2 Å². The van der Waals surface area contributed by atoms with Crippen molar-refractivity contribution in [2.75, 3.05) is 6.54 Å². The van der Waals surface area contributed by atoms with Crippen LogP contribution in [0.3, 0.4) is 0 Å². The Morgan fingerprint density at radius 2 is 2.17 bits per heavy atom. The zero-order valence-corrected chi connectivity index (χ0v) is 13.3. The van der Waals surface area contributed by atoms with Gasteiger partial charge in [0.2, 0.25) is 0 Å². The van der Waals surface area contributed by atoms with Crippen LogP contribution in [-0.2, 0) is 0 Å². The van der Waals surface area contributed by atoms with Crippen LogP contribution in [-0.4, -0.2) is 6.54 Å². The van der Waals surface area contributed by atoms with E-state index in [9.17, 15) is 0 Å². The van der Waals surface area contributed by atoms with E-state index in [1.54, 1.807) is 0 Å². The Hall–Kier alpha value is -0.580. The van der Waals surface area contributed by atoms with E-state index in [0.717, 1.165) is 24.5 Å². The molecule has 0 spiro atoms. The van der Waals surface area contributed by atoms with Crippen LogP contribution in [0.1, 0.15) is 40.7 Å². The number of aryl methyl sites for hydroxylation is 2. The molecule has 0 amide bonds. The third-order valence-electron chi connectivity index (χ3n) is 2.80. The van der Waals surface area contributed by atoms with Gasteiger partial charge >= 0.3 is 0 Å². The summed E-state index contributed by atoms with van der Waals surface area (Å²) in [5.41, 5.74) is 0. The molecule has 2 aromatic rings. The molecule has 0 radical (unpaired) electrons. The molecular weight excluding hydrogens is 310 g/mol. The Labute approximate surface area is 121 Å². The molecule has 18 heavy (non-hydrogen) atoms. The number of hydrogen-bond donors (Lipinski definition) is 1. The smallest absolute Gasteiger partial charge is 0.126 e. The van der Waals surface area contributed by atoms with Crippen LogP contribution >= 0.6 is 27.3 Å². The molecule has 0 saturated carbocycles. The lowest BCUT2D eigenvalue weighted by molar-refractivity contribution is 0.433. The molecular formula is C14H18BrNOS. The number of hydrogen-bond acceptors (Lipinski definition) is 3. The molecule has 2 aromatic heterocycles. The first-order valence-corrected chi connectivity index (χ1v) is 7.78. The fraction of sp³-hybridized carbons (Fsp3) is 0.429. The number of furan rings is 1. The van der Waals surface area contributed by atoms with Crippen molar-refractivity contribution < 1.29 is 4.42 Å². The first-order valence-electron chi connectivity index (χ1n) is 6.17. The fourth-order valence-electron chi connectivity index (χ4n) is 1.86. The maximum absolute atomic E-state index is 5.78. The molecule has 98 valence electrons. The SMILES string of the molecule is CCCNC(c1ccc(C)o1)c1cc(Br)c(C)s1. The van der Waals surface area contributed by atoms with E-state index >= 15 is 0 Å². The number of thiophene rings is 1. The van der Waals surface area contributed by atoms with Gasteiger partial charge in [-0.25, -0.2) is 0 Å². The lowest BCUT2D eigenvalue weighted by Gasteiger charge is -2.14. The summed E-state index contributed by atoms with van der Waals surface area (Å²) < 4.78 is 6.95. The van der Waals surface area contributed by atoms with Gasteiger partial charge in [-0.2, -0.15) is 0 Å². The first kappa shape index (κ1) is 13.8. The standard InChI is InChI=1S/C14H18BrNOS/c1-4-7-16-14(12-6-5-9(2)17-12)13-8-11(15)10(3)18-13/h5-6,8,14,16H,4,7H2,1-3H3. The van der Waals surface area contributed by atoms with Gasteiger partial charge in [-0.1, -0.05) is 6.92 Å². The molecule has 2 rings (SSSR count). The van der Waals surface area contributed by atoms with Crippen LogP contribution in [0.2, 0.25) is 0 Å². The zero-order valence-electron chi connectivity index (χ0n) is 10.9. The van der Waals surface area contributed by atoms with Crippen molar-refractivity contribution in [3.8, 4) is 0 Å². The quantitative estimate of drug-likeness (QED) is 0.852. The van der Waals surface area contributed by atoms with Gasteiger partial charge in [0.1, 0.15) is 17.6 Å². The molecule has 0 fully saturated rings. The van der Waals surface area contributed by atoms with E-state index in [2.05, 4.69) is 47.2 Å². The molecule has 0 aromatic carbocycles. The molecule has 0 saturated heterocycles. The van der Waals surface area contributed by atoms with E-state index in [1.807, 2.05) is 24.3 Å². The monoisotopic (exact) mass is 327 g/mol. The summed E-state index contributed by atoms with van der Waals surface area (Å²) in [6, 6.07) is 6.43. The summed E-state index contributed by atoms with van der Waals surface area (Å²) in [7, 11) is 0. The summed E-state index contributed by atoms with van der Waals surface area (Å²) in [6.45, 7) is 7.27. The van der Waals surface area contributed by atoms with Crippen molar-refractivity contribution in [1.82, 2.24) is 5.32 Å². The Kier molecular flexibility index (Phi) is 4.65. The van der Waals surface area contributed by atoms with Gasteiger partial charge in [-0.05, 0) is 60.9 Å². The average molecular weight is 328 g/mol. The van der Waals surface area contributed by atoms with Gasteiger partial charge in [-0.3, -0.25) is 0 Å². The first-order chi connectivity index (χ1) is 8.61. The highest BCUT2D eigenvalue weighted by molar-refractivity contribution is 9.10. The molecule has 0 aliphatic carbocycles. The average Bonchev–Trinajstić information content (AvgIpc) is 2.88. The van der Waals surface area contributed by atoms with Gasteiger partial charge < -0.3 is 9.73 Å². The van der Waals surface area contributed by atoms with Crippen molar-refractivity contribution >= 4 is 27.3 Å². The van der Waals surface area contributed by atoms with E-state index < -0.39 is 0 Å². The topological polar surface area (TPSA) is 25.2 Å². The Balaban J connectivity index is 2.30. The van der Waals surface area contributed by atoms with Crippen LogP contribution in [0.15, 0.2) is 27.1 Å². The lowest BCUT2D eigenvalue weighted by Crippen LogP contribution is -2.21. The lowest BCUT2D eigenvalue weighted by atomic mass is 10.2. The summed E-state index contributed by atoms with van der Waals surface area (Å²) in [5.74, 6) is 1.95. The van der Waals surface area contributed by atoms with Gasteiger partial charge in [0, 0.05) is 14.2 Å². The second-order valence-electron chi connectivity index (χ2n) is 4.39. The molecule has 1 N–H and O–H groups in total. The molecule has 0 aliphatic rings. The van der Waals surface area contributed by atoms with Crippen LogP contribution in [0.4, 0.5) is 0 Å². The molecule has 1 unspecified atom stereocenters. The number of halogens is 1. The highest BCUT2D eigenvalue weighted by Gasteiger charge is 2.19. The van der Waals surface area contributed by atoms with Gasteiger partial charge in [0.15, 0.2) is 0 Å². The second kappa shape index (κ2) is 6.04. The van der Waals surface area contributed by atoms with E-state index in [0.29, 0.717) is 0 Å². The molecule has 4 heteroatoms. The minimum absolute atomic E-state index is 0.161. The Morgan fingerprint density at radius 1 is 1.39 bits per heavy atom. The molecule has 0 aliphatic heterocycles. The van der Waals surface area contributed by atoms with Gasteiger partial charge in [0.05, 0.1) is 0 Å². The van der Waals surface area contributed by atoms with Crippen molar-refractivity contribution in [3.63, 3.8) is 0 Å². The van der Waals surface area contributed by atoms with Crippen molar-refractivity contribution in [1.29, 1.82) is 0 Å². The van der Waals surface area contributed by atoms with Crippen LogP contribution in [0, 0.1) is 13.8 Å². The predicted molar refractivity (Wildman–Crippen MR) is 80.3 cm³/mol. The molecule has 1 atom stereocenters. The third kappa shape index (κ3) is 3.05. The molecule has 2 nitrogen and oxygen atoms in total. The second-order valence-corrected chi connectivity index (χ2v) is 6.53. The highest BCUT2D eigenvalue weighted by atomic mass is 79.9. The maximum atomic E-state index is 5.78. The maximum Gasteiger partial charge on any atom is 0.126 e. The van der Waals surface area contributed by atoms with Crippen LogP contribution in [0.5, 0.6) is 0 Å². The number of nitrogens with one attached hydrogen (secondary N) is 1. The van der Waals surface area contributed by atoms with E-state index in [-0.39, 0.29) is 6.04 Å². The largest absolute Gasteiger partial charge is 0.464 e. The summed E-state index contributed by atoms with van der Waals surface area (Å²) >= 11 is 5.39. The van der Waals surface area contributed by atoms with Gasteiger partial charge in [0.25, 0.3) is 0 Å². The van der Waals surface area contributed by atoms with Crippen molar-refractivity contribution in [2.45, 2.75) is 33.2 Å². The number of rotatable bonds is 5. The Morgan fingerprint density at radius 3 is 2.67 bits per heavy atom.